The molecule has 0 N–H and O–H groups in total. The van der Waals surface area contributed by atoms with Crippen LogP contribution in [0.4, 0.5) is 0 Å². The molecule has 0 fully saturated rings. The summed E-state index contributed by atoms with van der Waals surface area (Å²) in [7, 11) is 2.04. The summed E-state index contributed by atoms with van der Waals surface area (Å²) in [4.78, 5) is 2.11. The van der Waals surface area contributed by atoms with E-state index in [2.05, 4.69) is 23.1 Å². The number of likely N-dealkylation sites (N-methyl/N-ethyl adjacent to an activating group) is 1. The lowest BCUT2D eigenvalue weighted by atomic mass is 10.2. The molecule has 2 rings (SSSR count). The number of hydrogen-bond acceptors (Lipinski definition) is 2. The first-order chi connectivity index (χ1) is 7.34. The van der Waals surface area contributed by atoms with Crippen molar-refractivity contribution in [3.8, 4) is 0 Å². The molecule has 15 heavy (non-hydrogen) atoms. The Morgan fingerprint density at radius 3 is 2.73 bits per heavy atom. The summed E-state index contributed by atoms with van der Waals surface area (Å²) in [5, 5.41) is 0. The largest absolute Gasteiger partial charge is 0.489 e. The zero-order chi connectivity index (χ0) is 10.5. The summed E-state index contributed by atoms with van der Waals surface area (Å²) in [6, 6.07) is 10.2. The maximum absolute atomic E-state index is 5.66. The maximum Gasteiger partial charge on any atom is 0.119 e. The van der Waals surface area contributed by atoms with Gasteiger partial charge in [0.25, 0.3) is 0 Å². The van der Waals surface area contributed by atoms with Crippen molar-refractivity contribution < 1.29 is 4.74 Å². The molecule has 0 amide bonds. The highest BCUT2D eigenvalue weighted by Crippen LogP contribution is 2.10. The van der Waals surface area contributed by atoms with E-state index in [0.717, 1.165) is 12.3 Å². The van der Waals surface area contributed by atoms with Crippen LogP contribution in [-0.2, 0) is 11.3 Å². The quantitative estimate of drug-likeness (QED) is 0.745. The average molecular weight is 201 g/mol. The van der Waals surface area contributed by atoms with Crippen molar-refractivity contribution in [2.75, 3.05) is 13.6 Å². The van der Waals surface area contributed by atoms with Crippen molar-refractivity contribution in [2.24, 2.45) is 0 Å². The Balaban J connectivity index is 1.87. The van der Waals surface area contributed by atoms with E-state index in [-0.39, 0.29) is 0 Å². The van der Waals surface area contributed by atoms with Crippen LogP contribution in [0.1, 0.15) is 5.56 Å². The molecule has 1 aromatic rings. The van der Waals surface area contributed by atoms with Gasteiger partial charge in [0.2, 0.25) is 0 Å². The Labute approximate surface area is 90.5 Å². The highest BCUT2D eigenvalue weighted by molar-refractivity contribution is 5.18. The second-order valence-corrected chi connectivity index (χ2v) is 3.64. The van der Waals surface area contributed by atoms with E-state index in [1.54, 1.807) is 0 Å². The Morgan fingerprint density at radius 1 is 1.27 bits per heavy atom. The van der Waals surface area contributed by atoms with Gasteiger partial charge in [-0.3, -0.25) is 0 Å². The average Bonchev–Trinajstić information content (AvgIpc) is 2.30. The van der Waals surface area contributed by atoms with Gasteiger partial charge in [-0.1, -0.05) is 30.3 Å². The molecule has 0 atom stereocenters. The topological polar surface area (TPSA) is 12.5 Å². The molecule has 78 valence electrons. The predicted octanol–water partition coefficient (Wildman–Crippen LogP) is 2.55. The third-order valence-electron chi connectivity index (χ3n) is 2.32. The van der Waals surface area contributed by atoms with Gasteiger partial charge in [0.15, 0.2) is 0 Å². The maximum atomic E-state index is 5.66. The lowest BCUT2D eigenvalue weighted by molar-refractivity contribution is 0.206. The van der Waals surface area contributed by atoms with E-state index in [1.807, 2.05) is 37.5 Å². The van der Waals surface area contributed by atoms with E-state index < -0.39 is 0 Å². The van der Waals surface area contributed by atoms with Crippen molar-refractivity contribution in [3.05, 3.63) is 60.0 Å². The molecule has 0 aromatic heterocycles. The fourth-order valence-corrected chi connectivity index (χ4v) is 1.41. The molecule has 0 aliphatic carbocycles. The first kappa shape index (κ1) is 9.84. The lowest BCUT2D eigenvalue weighted by Crippen LogP contribution is -2.14. The van der Waals surface area contributed by atoms with Crippen molar-refractivity contribution >= 4 is 0 Å². The predicted molar refractivity (Wildman–Crippen MR) is 61.1 cm³/mol. The van der Waals surface area contributed by atoms with Gasteiger partial charge in [0.05, 0.1) is 0 Å². The Morgan fingerprint density at radius 2 is 2.07 bits per heavy atom. The van der Waals surface area contributed by atoms with Gasteiger partial charge in [-0.25, -0.2) is 0 Å². The molecular weight excluding hydrogens is 186 g/mol. The SMILES string of the molecule is CN1C=CC(OCc2ccccc2)=CC1. The van der Waals surface area contributed by atoms with Gasteiger partial charge < -0.3 is 9.64 Å². The molecule has 1 aliphatic heterocycles. The fraction of sp³-hybridized carbons (Fsp3) is 0.231. The molecule has 1 aromatic carbocycles. The van der Waals surface area contributed by atoms with Crippen LogP contribution >= 0.6 is 0 Å². The molecule has 0 radical (unpaired) electrons. The summed E-state index contributed by atoms with van der Waals surface area (Å²) < 4.78 is 5.66. The van der Waals surface area contributed by atoms with Gasteiger partial charge in [0.1, 0.15) is 12.4 Å². The van der Waals surface area contributed by atoms with Crippen molar-refractivity contribution in [3.63, 3.8) is 0 Å². The Hall–Kier alpha value is -1.70. The number of benzene rings is 1. The highest BCUT2D eigenvalue weighted by atomic mass is 16.5. The van der Waals surface area contributed by atoms with Crippen LogP contribution in [-0.4, -0.2) is 18.5 Å². The minimum Gasteiger partial charge on any atom is -0.489 e. The van der Waals surface area contributed by atoms with Crippen LogP contribution in [0.15, 0.2) is 54.4 Å². The van der Waals surface area contributed by atoms with Crippen molar-refractivity contribution in [2.45, 2.75) is 6.61 Å². The Bertz CT molecular complexity index is 367. The third-order valence-corrected chi connectivity index (χ3v) is 2.32. The standard InChI is InChI=1S/C13H15NO/c1-14-9-7-13(8-10-14)15-11-12-5-3-2-4-6-12/h2-9H,10-11H2,1H3. The number of hydrogen-bond donors (Lipinski definition) is 0. The van der Waals surface area contributed by atoms with Gasteiger partial charge in [-0.2, -0.15) is 0 Å². The molecule has 1 aliphatic rings. The lowest BCUT2D eigenvalue weighted by Gasteiger charge is -2.17. The molecule has 0 unspecified atom stereocenters. The monoisotopic (exact) mass is 201 g/mol. The normalized spacial score (nSPS) is 15.0. The molecule has 0 bridgehead atoms. The number of rotatable bonds is 3. The Kier molecular flexibility index (Phi) is 3.08. The zero-order valence-corrected chi connectivity index (χ0v) is 8.89. The van der Waals surface area contributed by atoms with Crippen molar-refractivity contribution in [1.82, 2.24) is 4.90 Å². The minimum absolute atomic E-state index is 0.640. The summed E-state index contributed by atoms with van der Waals surface area (Å²) in [6.07, 6.45) is 6.11. The van der Waals surface area contributed by atoms with E-state index in [0.29, 0.717) is 6.61 Å². The molecule has 0 saturated carbocycles. The first-order valence-corrected chi connectivity index (χ1v) is 5.10. The summed E-state index contributed by atoms with van der Waals surface area (Å²) >= 11 is 0. The number of ether oxygens (including phenoxy) is 1. The fourth-order valence-electron chi connectivity index (χ4n) is 1.41. The molecule has 0 spiro atoms. The highest BCUT2D eigenvalue weighted by Gasteiger charge is 2.01. The summed E-state index contributed by atoms with van der Waals surface area (Å²) in [5.74, 6) is 0.956. The second-order valence-electron chi connectivity index (χ2n) is 3.64. The molecule has 1 heterocycles. The van der Waals surface area contributed by atoms with E-state index >= 15 is 0 Å². The van der Waals surface area contributed by atoms with Crippen LogP contribution in [0, 0.1) is 0 Å². The van der Waals surface area contributed by atoms with Crippen LogP contribution in [0.5, 0.6) is 0 Å². The summed E-state index contributed by atoms with van der Waals surface area (Å²) in [5.41, 5.74) is 1.20. The minimum atomic E-state index is 0.640. The molecule has 0 saturated heterocycles. The van der Waals surface area contributed by atoms with Crippen LogP contribution in [0.25, 0.3) is 0 Å². The van der Waals surface area contributed by atoms with Crippen LogP contribution in [0.3, 0.4) is 0 Å². The zero-order valence-electron chi connectivity index (χ0n) is 8.89. The van der Waals surface area contributed by atoms with Gasteiger partial charge in [0, 0.05) is 19.8 Å². The smallest absolute Gasteiger partial charge is 0.119 e. The molecule has 2 heteroatoms. The van der Waals surface area contributed by atoms with Gasteiger partial charge >= 0.3 is 0 Å². The third kappa shape index (κ3) is 2.88. The first-order valence-electron chi connectivity index (χ1n) is 5.10. The van der Waals surface area contributed by atoms with E-state index in [9.17, 15) is 0 Å². The number of nitrogens with zero attached hydrogens (tertiary/aromatic N) is 1. The van der Waals surface area contributed by atoms with Gasteiger partial charge in [-0.05, 0) is 17.7 Å². The summed E-state index contributed by atoms with van der Waals surface area (Å²) in [6.45, 7) is 1.56. The second kappa shape index (κ2) is 4.69. The van der Waals surface area contributed by atoms with Crippen LogP contribution in [0.2, 0.25) is 0 Å². The molecular formula is C13H15NO. The van der Waals surface area contributed by atoms with E-state index in [1.165, 1.54) is 5.56 Å². The van der Waals surface area contributed by atoms with Crippen molar-refractivity contribution in [1.29, 1.82) is 0 Å². The van der Waals surface area contributed by atoms with Gasteiger partial charge in [-0.15, -0.1) is 0 Å². The van der Waals surface area contributed by atoms with Crippen LogP contribution < -0.4 is 0 Å². The van der Waals surface area contributed by atoms with E-state index in [4.69, 9.17) is 4.74 Å². The molecule has 2 nitrogen and oxygen atoms in total. The number of allylic oxidation sites excluding steroid dienone is 1.